The van der Waals surface area contributed by atoms with Gasteiger partial charge < -0.3 is 4.90 Å². The molecule has 1 aliphatic carbocycles. The molecule has 1 unspecified atom stereocenters. The number of hydrogen-bond acceptors (Lipinski definition) is 1. The normalized spacial score (nSPS) is 20.6. The Labute approximate surface area is 113 Å². The van der Waals surface area contributed by atoms with Crippen molar-refractivity contribution >= 4 is 34.8 Å². The molecular weight excluding hydrogens is 283 g/mol. The van der Waals surface area contributed by atoms with Crippen molar-refractivity contribution in [3.05, 3.63) is 29.8 Å². The van der Waals surface area contributed by atoms with Gasteiger partial charge in [-0.3, -0.25) is 4.79 Å². The average Bonchev–Trinajstić information content (AvgIpc) is 2.94. The lowest BCUT2D eigenvalue weighted by Gasteiger charge is -2.21. The zero-order chi connectivity index (χ0) is 13.5. The van der Waals surface area contributed by atoms with Gasteiger partial charge in [-0.25, -0.2) is 8.78 Å². The van der Waals surface area contributed by atoms with Gasteiger partial charge in [-0.1, -0.05) is 0 Å². The van der Waals surface area contributed by atoms with Crippen LogP contribution < -0.4 is 4.90 Å². The highest BCUT2D eigenvalue weighted by Gasteiger charge is 2.57. The zero-order valence-electron chi connectivity index (χ0n) is 9.59. The Hall–Kier alpha value is -0.870. The predicted molar refractivity (Wildman–Crippen MR) is 66.9 cm³/mol. The predicted octanol–water partition coefficient (Wildman–Crippen LogP) is 3.51. The van der Waals surface area contributed by atoms with E-state index in [9.17, 15) is 13.6 Å². The smallest absolute Gasteiger partial charge is 0.233 e. The van der Waals surface area contributed by atoms with E-state index in [1.54, 1.807) is 6.92 Å². The summed E-state index contributed by atoms with van der Waals surface area (Å²) in [4.78, 5) is 13.4. The molecule has 0 heterocycles. The summed E-state index contributed by atoms with van der Waals surface area (Å²) in [5, 5.41) is 0. The second-order valence-electron chi connectivity index (χ2n) is 4.20. The molecule has 0 spiro atoms. The molecule has 2 nitrogen and oxygen atoms in total. The van der Waals surface area contributed by atoms with Gasteiger partial charge >= 0.3 is 0 Å². The Morgan fingerprint density at radius 1 is 1.44 bits per heavy atom. The molecule has 0 radical (unpaired) electrons. The number of rotatable bonds is 3. The van der Waals surface area contributed by atoms with Crippen LogP contribution >= 0.6 is 23.2 Å². The van der Waals surface area contributed by atoms with E-state index in [0.717, 1.165) is 12.1 Å². The second-order valence-corrected chi connectivity index (χ2v) is 5.74. The largest absolute Gasteiger partial charge is 0.312 e. The van der Waals surface area contributed by atoms with Gasteiger partial charge in [0, 0.05) is 18.3 Å². The summed E-state index contributed by atoms with van der Waals surface area (Å²) in [6.45, 7) is 2.08. The SMILES string of the molecule is CCN(C(=O)C1CC1(Cl)Cl)c1ccc(F)c(F)c1. The monoisotopic (exact) mass is 293 g/mol. The second kappa shape index (κ2) is 4.67. The van der Waals surface area contributed by atoms with E-state index >= 15 is 0 Å². The van der Waals surface area contributed by atoms with Gasteiger partial charge in [0.15, 0.2) is 11.6 Å². The molecule has 1 saturated carbocycles. The fourth-order valence-corrected chi connectivity index (χ4v) is 2.28. The summed E-state index contributed by atoms with van der Waals surface area (Å²) in [6, 6.07) is 3.33. The van der Waals surface area contributed by atoms with Crippen LogP contribution in [0, 0.1) is 17.6 Å². The summed E-state index contributed by atoms with van der Waals surface area (Å²) >= 11 is 11.7. The third kappa shape index (κ3) is 2.45. The number of benzene rings is 1. The molecule has 1 fully saturated rings. The highest BCUT2D eigenvalue weighted by molar-refractivity contribution is 6.52. The molecule has 6 heteroatoms. The minimum absolute atomic E-state index is 0.270. The molecule has 1 atom stereocenters. The van der Waals surface area contributed by atoms with Crippen LogP contribution in [0.5, 0.6) is 0 Å². The van der Waals surface area contributed by atoms with Crippen molar-refractivity contribution in [2.24, 2.45) is 5.92 Å². The van der Waals surface area contributed by atoms with Crippen LogP contribution in [-0.2, 0) is 4.79 Å². The number of nitrogens with zero attached hydrogens (tertiary/aromatic N) is 1. The maximum atomic E-state index is 13.1. The molecule has 1 aromatic carbocycles. The Morgan fingerprint density at radius 2 is 2.06 bits per heavy atom. The fraction of sp³-hybridized carbons (Fsp3) is 0.417. The van der Waals surface area contributed by atoms with Crippen LogP contribution in [0.1, 0.15) is 13.3 Å². The Balaban J connectivity index is 2.23. The van der Waals surface area contributed by atoms with E-state index in [4.69, 9.17) is 23.2 Å². The van der Waals surface area contributed by atoms with Crippen LogP contribution in [0.2, 0.25) is 0 Å². The lowest BCUT2D eigenvalue weighted by molar-refractivity contribution is -0.119. The molecule has 18 heavy (non-hydrogen) atoms. The molecule has 0 bridgehead atoms. The minimum atomic E-state index is -1.02. The summed E-state index contributed by atoms with van der Waals surface area (Å²) in [5.74, 6) is -2.68. The number of alkyl halides is 2. The lowest BCUT2D eigenvalue weighted by atomic mass is 10.2. The van der Waals surface area contributed by atoms with Crippen molar-refractivity contribution < 1.29 is 13.6 Å². The van der Waals surface area contributed by atoms with E-state index < -0.39 is 21.9 Å². The number of anilines is 1. The number of halogens is 4. The van der Waals surface area contributed by atoms with Gasteiger partial charge in [0.25, 0.3) is 0 Å². The topological polar surface area (TPSA) is 20.3 Å². The molecular formula is C12H11Cl2F2NO. The molecule has 0 N–H and O–H groups in total. The first-order valence-corrected chi connectivity index (χ1v) is 6.26. The van der Waals surface area contributed by atoms with Crippen molar-refractivity contribution in [2.75, 3.05) is 11.4 Å². The lowest BCUT2D eigenvalue weighted by Crippen LogP contribution is -2.33. The van der Waals surface area contributed by atoms with Gasteiger partial charge in [0.05, 0.1) is 5.92 Å². The summed E-state index contributed by atoms with van der Waals surface area (Å²) < 4.78 is 25.0. The van der Waals surface area contributed by atoms with Crippen LogP contribution in [0.4, 0.5) is 14.5 Å². The average molecular weight is 294 g/mol. The quantitative estimate of drug-likeness (QED) is 0.781. The van der Waals surface area contributed by atoms with Crippen LogP contribution in [0.25, 0.3) is 0 Å². The Morgan fingerprint density at radius 3 is 2.50 bits per heavy atom. The van der Waals surface area contributed by atoms with Crippen molar-refractivity contribution in [3.8, 4) is 0 Å². The standard InChI is InChI=1S/C12H11Cl2F2NO/c1-2-17(11(18)8-6-12(8,13)14)7-3-4-9(15)10(16)5-7/h3-5,8H,2,6H2,1H3. The maximum absolute atomic E-state index is 13.1. The third-order valence-electron chi connectivity index (χ3n) is 2.92. The molecule has 98 valence electrons. The van der Waals surface area contributed by atoms with E-state index in [0.29, 0.717) is 18.7 Å². The van der Waals surface area contributed by atoms with Crippen molar-refractivity contribution in [1.82, 2.24) is 0 Å². The van der Waals surface area contributed by atoms with Crippen molar-refractivity contribution in [3.63, 3.8) is 0 Å². The summed E-state index contributed by atoms with van der Waals surface area (Å²) in [7, 11) is 0. The minimum Gasteiger partial charge on any atom is -0.312 e. The first-order chi connectivity index (χ1) is 8.36. The van der Waals surface area contributed by atoms with Gasteiger partial charge in [-0.2, -0.15) is 0 Å². The number of carbonyl (C=O) groups is 1. The number of carbonyl (C=O) groups excluding carboxylic acids is 1. The summed E-state index contributed by atoms with van der Waals surface area (Å²) in [6.07, 6.45) is 0.384. The number of amides is 1. The van der Waals surface area contributed by atoms with Gasteiger partial charge in [-0.15, -0.1) is 23.2 Å². The first kappa shape index (κ1) is 13.6. The highest BCUT2D eigenvalue weighted by Crippen LogP contribution is 2.54. The van der Waals surface area contributed by atoms with E-state index in [1.807, 2.05) is 0 Å². The van der Waals surface area contributed by atoms with E-state index in [2.05, 4.69) is 0 Å². The van der Waals surface area contributed by atoms with Crippen LogP contribution in [-0.4, -0.2) is 16.8 Å². The fourth-order valence-electron chi connectivity index (χ4n) is 1.79. The molecule has 1 aromatic rings. The van der Waals surface area contributed by atoms with Gasteiger partial charge in [0.2, 0.25) is 5.91 Å². The third-order valence-corrected chi connectivity index (χ3v) is 3.76. The maximum Gasteiger partial charge on any atom is 0.233 e. The van der Waals surface area contributed by atoms with E-state index in [1.165, 1.54) is 11.0 Å². The van der Waals surface area contributed by atoms with Crippen molar-refractivity contribution in [2.45, 2.75) is 17.7 Å². The van der Waals surface area contributed by atoms with Gasteiger partial charge in [-0.05, 0) is 25.5 Å². The van der Waals surface area contributed by atoms with Crippen LogP contribution in [0.15, 0.2) is 18.2 Å². The number of hydrogen-bond donors (Lipinski definition) is 0. The molecule has 1 aliphatic rings. The molecule has 0 saturated heterocycles. The molecule has 0 aliphatic heterocycles. The van der Waals surface area contributed by atoms with Gasteiger partial charge in [0.1, 0.15) is 4.33 Å². The zero-order valence-corrected chi connectivity index (χ0v) is 11.1. The Kier molecular flexibility index (Phi) is 3.52. The summed E-state index contributed by atoms with van der Waals surface area (Å²) in [5.41, 5.74) is 0.303. The molecule has 1 amide bonds. The Bertz CT molecular complexity index is 493. The van der Waals surface area contributed by atoms with E-state index in [-0.39, 0.29) is 5.91 Å². The molecule has 0 aromatic heterocycles. The molecule has 2 rings (SSSR count). The first-order valence-electron chi connectivity index (χ1n) is 5.51. The highest BCUT2D eigenvalue weighted by atomic mass is 35.5. The van der Waals surface area contributed by atoms with Crippen LogP contribution in [0.3, 0.4) is 0 Å². The van der Waals surface area contributed by atoms with Crippen molar-refractivity contribution in [1.29, 1.82) is 0 Å².